The number of amides is 1. The maximum Gasteiger partial charge on any atom is 0.407 e. The standard InChI is InChI=1S/C31H50N2O3Si/c1-30(2,3)37(4,5)36-27-13-11-26(12-14-27)33-28-24-15-23-16-25(28)19-31(17-23,18-24)21-32-29(34)35-20-22-9-7-6-8-10-22/h6-10,23-28,33H,11-21H2,1-5H3,(H,32,34)/t23?,24-,25+,26-,27+,28+,31?. The van der Waals surface area contributed by atoms with E-state index in [9.17, 15) is 4.79 Å². The highest BCUT2D eigenvalue weighted by atomic mass is 28.4. The molecule has 5 saturated carbocycles. The van der Waals surface area contributed by atoms with Crippen LogP contribution in [0.15, 0.2) is 30.3 Å². The minimum absolute atomic E-state index is 0.272. The topological polar surface area (TPSA) is 59.6 Å². The van der Waals surface area contributed by atoms with Gasteiger partial charge in [-0.2, -0.15) is 0 Å². The van der Waals surface area contributed by atoms with Gasteiger partial charge in [0.2, 0.25) is 0 Å². The zero-order valence-electron chi connectivity index (χ0n) is 23.9. The van der Waals surface area contributed by atoms with Gasteiger partial charge in [0.15, 0.2) is 8.32 Å². The van der Waals surface area contributed by atoms with Gasteiger partial charge in [0.1, 0.15) is 6.61 Å². The van der Waals surface area contributed by atoms with Gasteiger partial charge >= 0.3 is 6.09 Å². The quantitative estimate of drug-likeness (QED) is 0.357. The van der Waals surface area contributed by atoms with Crippen LogP contribution in [-0.4, -0.2) is 39.1 Å². The number of carbonyl (C=O) groups is 1. The minimum atomic E-state index is -1.68. The molecular formula is C31H50N2O3Si. The Morgan fingerprint density at radius 2 is 1.65 bits per heavy atom. The number of hydrogen-bond acceptors (Lipinski definition) is 4. The highest BCUT2D eigenvalue weighted by Gasteiger charge is 2.55. The summed E-state index contributed by atoms with van der Waals surface area (Å²) in [5.41, 5.74) is 1.30. The summed E-state index contributed by atoms with van der Waals surface area (Å²) in [6, 6.07) is 11.2. The van der Waals surface area contributed by atoms with Gasteiger partial charge in [0, 0.05) is 24.7 Å². The molecular weight excluding hydrogens is 476 g/mol. The first-order chi connectivity index (χ1) is 17.5. The van der Waals surface area contributed by atoms with Crippen LogP contribution in [0.5, 0.6) is 0 Å². The lowest BCUT2D eigenvalue weighted by Crippen LogP contribution is -2.62. The van der Waals surface area contributed by atoms with Gasteiger partial charge < -0.3 is 19.8 Å². The summed E-state index contributed by atoms with van der Waals surface area (Å²) in [6.45, 7) is 12.9. The lowest BCUT2D eigenvalue weighted by molar-refractivity contribution is -0.0786. The van der Waals surface area contributed by atoms with Crippen molar-refractivity contribution in [2.24, 2.45) is 23.2 Å². The van der Waals surface area contributed by atoms with Crippen molar-refractivity contribution in [3.63, 3.8) is 0 Å². The van der Waals surface area contributed by atoms with Crippen molar-refractivity contribution in [3.05, 3.63) is 35.9 Å². The number of ether oxygens (including phenoxy) is 1. The van der Waals surface area contributed by atoms with E-state index in [-0.39, 0.29) is 16.5 Å². The van der Waals surface area contributed by atoms with Gasteiger partial charge in [-0.3, -0.25) is 0 Å². The molecule has 5 aliphatic rings. The SMILES string of the molecule is CC(C)(C)[Si](C)(C)O[C@H]1CC[C@@H](N[C@H]2[C@@H]3CC4C[C@H]2CC(CNC(=O)OCc2ccccc2)(C4)C3)CC1. The van der Waals surface area contributed by atoms with E-state index in [0.29, 0.717) is 24.8 Å². The van der Waals surface area contributed by atoms with Crippen LogP contribution < -0.4 is 10.6 Å². The molecule has 37 heavy (non-hydrogen) atoms. The number of nitrogens with one attached hydrogen (secondary N) is 2. The molecule has 5 aliphatic carbocycles. The average Bonchev–Trinajstić information content (AvgIpc) is 2.84. The van der Waals surface area contributed by atoms with Crippen molar-refractivity contribution in [2.45, 2.75) is 121 Å². The van der Waals surface area contributed by atoms with Crippen molar-refractivity contribution in [3.8, 4) is 0 Å². The van der Waals surface area contributed by atoms with Crippen molar-refractivity contribution >= 4 is 14.4 Å². The molecule has 5 fully saturated rings. The van der Waals surface area contributed by atoms with Gasteiger partial charge in [-0.15, -0.1) is 0 Å². The molecule has 6 rings (SSSR count). The zero-order valence-corrected chi connectivity index (χ0v) is 24.9. The first-order valence-corrected chi connectivity index (χ1v) is 17.8. The second-order valence-electron chi connectivity index (χ2n) is 14.4. The van der Waals surface area contributed by atoms with E-state index in [1.807, 2.05) is 30.3 Å². The van der Waals surface area contributed by atoms with Gasteiger partial charge in [0.25, 0.3) is 0 Å². The van der Waals surface area contributed by atoms with Crippen LogP contribution in [0.1, 0.15) is 84.1 Å². The number of benzene rings is 1. The molecule has 2 N–H and O–H groups in total. The molecule has 0 radical (unpaired) electrons. The fourth-order valence-electron chi connectivity index (χ4n) is 7.93. The van der Waals surface area contributed by atoms with E-state index in [1.165, 1.54) is 57.8 Å². The summed E-state index contributed by atoms with van der Waals surface area (Å²) in [4.78, 5) is 12.5. The number of rotatable bonds is 8. The number of hydrogen-bond donors (Lipinski definition) is 2. The molecule has 4 bridgehead atoms. The van der Waals surface area contributed by atoms with E-state index < -0.39 is 8.32 Å². The van der Waals surface area contributed by atoms with Gasteiger partial charge in [0.05, 0.1) is 0 Å². The predicted molar refractivity (Wildman–Crippen MR) is 152 cm³/mol. The Labute approximate surface area is 226 Å². The van der Waals surface area contributed by atoms with Crippen molar-refractivity contribution in [2.75, 3.05) is 6.54 Å². The summed E-state index contributed by atoms with van der Waals surface area (Å²) in [5.74, 6) is 2.36. The third-order valence-corrected chi connectivity index (χ3v) is 15.1. The lowest BCUT2D eigenvalue weighted by Gasteiger charge is -2.61. The first-order valence-electron chi connectivity index (χ1n) is 14.9. The predicted octanol–water partition coefficient (Wildman–Crippen LogP) is 7.03. The molecule has 1 aromatic rings. The summed E-state index contributed by atoms with van der Waals surface area (Å²) in [6.07, 6.45) is 11.6. The first kappa shape index (κ1) is 27.2. The molecule has 0 saturated heterocycles. The highest BCUT2D eigenvalue weighted by molar-refractivity contribution is 6.74. The highest BCUT2D eigenvalue weighted by Crippen LogP contribution is 2.60. The molecule has 2 unspecified atom stereocenters. The van der Waals surface area contributed by atoms with E-state index in [4.69, 9.17) is 9.16 Å². The fraction of sp³-hybridized carbons (Fsp3) is 0.774. The normalized spacial score (nSPS) is 35.4. The van der Waals surface area contributed by atoms with Gasteiger partial charge in [-0.1, -0.05) is 51.1 Å². The van der Waals surface area contributed by atoms with Gasteiger partial charge in [-0.25, -0.2) is 4.79 Å². The average molecular weight is 527 g/mol. The molecule has 6 heteroatoms. The van der Waals surface area contributed by atoms with Crippen molar-refractivity contribution in [1.82, 2.24) is 10.6 Å². The largest absolute Gasteiger partial charge is 0.445 e. The molecule has 0 aromatic heterocycles. The van der Waals surface area contributed by atoms with E-state index in [0.717, 1.165) is 29.9 Å². The second-order valence-corrected chi connectivity index (χ2v) is 19.2. The fourth-order valence-corrected chi connectivity index (χ4v) is 9.35. The Morgan fingerprint density at radius 1 is 1.00 bits per heavy atom. The van der Waals surface area contributed by atoms with E-state index >= 15 is 0 Å². The Hall–Kier alpha value is -1.37. The summed E-state index contributed by atoms with van der Waals surface area (Å²) in [5, 5.41) is 7.61. The zero-order chi connectivity index (χ0) is 26.3. The lowest BCUT2D eigenvalue weighted by atomic mass is 9.48. The van der Waals surface area contributed by atoms with Crippen LogP contribution >= 0.6 is 0 Å². The molecule has 206 valence electrons. The number of carbonyl (C=O) groups excluding carboxylic acids is 1. The molecule has 0 aliphatic heterocycles. The smallest absolute Gasteiger partial charge is 0.407 e. The summed E-state index contributed by atoms with van der Waals surface area (Å²) < 4.78 is 12.2. The molecule has 0 spiro atoms. The number of alkyl carbamates (subject to hydrolysis) is 1. The molecule has 0 heterocycles. The third kappa shape index (κ3) is 6.28. The summed E-state index contributed by atoms with van der Waals surface area (Å²) in [7, 11) is -1.68. The van der Waals surface area contributed by atoms with Crippen LogP contribution in [0.4, 0.5) is 4.79 Å². The molecule has 1 amide bonds. The molecule has 5 atom stereocenters. The van der Waals surface area contributed by atoms with Gasteiger partial charge in [-0.05, 0) is 105 Å². The molecule has 1 aromatic carbocycles. The van der Waals surface area contributed by atoms with Crippen LogP contribution in [0.25, 0.3) is 0 Å². The second kappa shape index (κ2) is 10.7. The Kier molecular flexibility index (Phi) is 7.83. The maximum atomic E-state index is 12.5. The van der Waals surface area contributed by atoms with E-state index in [1.54, 1.807) is 0 Å². The van der Waals surface area contributed by atoms with Crippen molar-refractivity contribution < 1.29 is 14.0 Å². The Morgan fingerprint density at radius 3 is 2.27 bits per heavy atom. The monoisotopic (exact) mass is 526 g/mol. The molecule has 5 nitrogen and oxygen atoms in total. The van der Waals surface area contributed by atoms with E-state index in [2.05, 4.69) is 44.5 Å². The van der Waals surface area contributed by atoms with Crippen molar-refractivity contribution in [1.29, 1.82) is 0 Å². The van der Waals surface area contributed by atoms with Crippen LogP contribution in [0.3, 0.4) is 0 Å². The Bertz CT molecular complexity index is 906. The van der Waals surface area contributed by atoms with Crippen LogP contribution in [-0.2, 0) is 15.8 Å². The maximum absolute atomic E-state index is 12.5. The Balaban J connectivity index is 1.09. The van der Waals surface area contributed by atoms with Crippen LogP contribution in [0.2, 0.25) is 18.1 Å². The summed E-state index contributed by atoms with van der Waals surface area (Å²) >= 11 is 0. The van der Waals surface area contributed by atoms with Crippen LogP contribution in [0, 0.1) is 23.2 Å². The third-order valence-electron chi connectivity index (χ3n) is 10.6. The minimum Gasteiger partial charge on any atom is -0.445 e.